The van der Waals surface area contributed by atoms with Crippen LogP contribution in [-0.2, 0) is 33.6 Å². The van der Waals surface area contributed by atoms with E-state index in [4.69, 9.17) is 26.8 Å². The molecule has 0 rings (SSSR count). The first-order chi connectivity index (χ1) is 18.8. The Hall–Kier alpha value is -3.87. The van der Waals surface area contributed by atoms with Gasteiger partial charge in [-0.25, -0.2) is 4.79 Å². The Morgan fingerprint density at radius 2 is 1.30 bits per heavy atom. The summed E-state index contributed by atoms with van der Waals surface area (Å²) in [6, 6.07) is -6.78. The Balaban J connectivity index is 4.94. The Bertz CT molecular complexity index is 902. The van der Waals surface area contributed by atoms with Crippen LogP contribution in [0.15, 0.2) is 0 Å². The van der Waals surface area contributed by atoms with Gasteiger partial charge in [0, 0.05) is 6.42 Å². The summed E-state index contributed by atoms with van der Waals surface area (Å²) in [5, 5.41) is 47.2. The van der Waals surface area contributed by atoms with Crippen LogP contribution >= 0.6 is 0 Å². The molecule has 5 atom stereocenters. The second-order valence-corrected chi connectivity index (χ2v) is 8.72. The molecule has 0 aromatic rings. The lowest BCUT2D eigenvalue weighted by molar-refractivity contribution is -0.144. The smallest absolute Gasteiger partial charge is 0.328 e. The monoisotopic (exact) mass is 577 g/mol. The minimum absolute atomic E-state index is 0.310. The zero-order valence-electron chi connectivity index (χ0n) is 22.1. The first-order valence-electron chi connectivity index (χ1n) is 12.4. The molecule has 0 aliphatic heterocycles. The van der Waals surface area contributed by atoms with Crippen molar-refractivity contribution in [1.82, 2.24) is 26.6 Å². The van der Waals surface area contributed by atoms with E-state index in [0.29, 0.717) is 25.8 Å². The van der Waals surface area contributed by atoms with Crippen molar-refractivity contribution in [2.75, 3.05) is 26.3 Å². The van der Waals surface area contributed by atoms with Crippen molar-refractivity contribution in [3.63, 3.8) is 0 Å². The topological polar surface area (TPSA) is 313 Å². The highest BCUT2D eigenvalue weighted by Gasteiger charge is 2.28. The number of rotatable bonds is 20. The maximum absolute atomic E-state index is 12.4. The number of aliphatic hydroxyl groups excluding tert-OH is 2. The van der Waals surface area contributed by atoms with Crippen LogP contribution in [0.5, 0.6) is 0 Å². The highest BCUT2D eigenvalue weighted by atomic mass is 16.4. The van der Waals surface area contributed by atoms with Crippen LogP contribution in [-0.4, -0.2) is 118 Å². The molecule has 0 spiro atoms. The van der Waals surface area contributed by atoms with Crippen molar-refractivity contribution in [3.8, 4) is 0 Å². The second kappa shape index (κ2) is 19.2. The zero-order chi connectivity index (χ0) is 30.8. The Labute approximate surface area is 229 Å². The molecule has 0 fully saturated rings. The normalized spacial score (nSPS) is 14.4. The number of carboxylic acid groups (broad SMARTS) is 2. The van der Waals surface area contributed by atoms with E-state index in [9.17, 15) is 38.7 Å². The standard InChI is InChI=1S/C22H39N7O11/c1-11(26-21(38)14(9-30)28-19(36)12(24)4-2-3-7-23)18(35)25-8-16(32)27-13(5-6-17(33)34)20(37)29-15(10-31)22(39)40/h11-15,30-31H,2-10,23-24H2,1H3,(H,25,35)(H,26,38)(H,27,32)(H,28,36)(H,29,37)(H,33,34)(H,39,40)/t11-,12-,13-,14-,15-/m0/s1. The summed E-state index contributed by atoms with van der Waals surface area (Å²) in [5.74, 6) is -7.32. The molecule has 228 valence electrons. The minimum atomic E-state index is -1.69. The molecule has 18 heteroatoms. The van der Waals surface area contributed by atoms with Gasteiger partial charge in [0.25, 0.3) is 0 Å². The third-order valence-corrected chi connectivity index (χ3v) is 5.39. The van der Waals surface area contributed by atoms with Gasteiger partial charge >= 0.3 is 11.9 Å². The second-order valence-electron chi connectivity index (χ2n) is 8.72. The maximum atomic E-state index is 12.4. The van der Waals surface area contributed by atoms with Crippen LogP contribution in [0.2, 0.25) is 0 Å². The van der Waals surface area contributed by atoms with Gasteiger partial charge in [-0.15, -0.1) is 0 Å². The highest BCUT2D eigenvalue weighted by molar-refractivity contribution is 5.95. The average molecular weight is 578 g/mol. The van der Waals surface area contributed by atoms with E-state index < -0.39 is 104 Å². The molecule has 0 unspecified atom stereocenters. The Morgan fingerprint density at radius 1 is 0.725 bits per heavy atom. The van der Waals surface area contributed by atoms with Gasteiger partial charge in [0.05, 0.1) is 25.8 Å². The number of aliphatic carboxylic acids is 2. The van der Waals surface area contributed by atoms with E-state index in [0.717, 1.165) is 0 Å². The van der Waals surface area contributed by atoms with Gasteiger partial charge in [-0.1, -0.05) is 6.42 Å². The molecule has 13 N–H and O–H groups in total. The molecule has 5 amide bonds. The summed E-state index contributed by atoms with van der Waals surface area (Å²) >= 11 is 0. The number of carbonyl (C=O) groups excluding carboxylic acids is 5. The molecule has 0 aliphatic rings. The third-order valence-electron chi connectivity index (χ3n) is 5.39. The van der Waals surface area contributed by atoms with Gasteiger partial charge in [-0.2, -0.15) is 0 Å². The number of carboxylic acids is 2. The number of hydrogen-bond acceptors (Lipinski definition) is 11. The summed E-state index contributed by atoms with van der Waals surface area (Å²) in [6.45, 7) is -0.776. The van der Waals surface area contributed by atoms with Gasteiger partial charge in [-0.3, -0.25) is 28.8 Å². The molecular formula is C22H39N7O11. The van der Waals surface area contributed by atoms with E-state index in [1.807, 2.05) is 5.32 Å². The lowest BCUT2D eigenvalue weighted by atomic mass is 10.1. The molecule has 18 nitrogen and oxygen atoms in total. The summed E-state index contributed by atoms with van der Waals surface area (Å²) in [5.41, 5.74) is 11.1. The molecule has 0 heterocycles. The van der Waals surface area contributed by atoms with Gasteiger partial charge in [0.2, 0.25) is 29.5 Å². The van der Waals surface area contributed by atoms with E-state index >= 15 is 0 Å². The van der Waals surface area contributed by atoms with Crippen LogP contribution < -0.4 is 38.1 Å². The zero-order valence-corrected chi connectivity index (χ0v) is 22.1. The number of unbranched alkanes of at least 4 members (excludes halogenated alkanes) is 1. The molecule has 40 heavy (non-hydrogen) atoms. The fourth-order valence-electron chi connectivity index (χ4n) is 3.05. The number of amides is 5. The van der Waals surface area contributed by atoms with E-state index in [1.54, 1.807) is 0 Å². The predicted octanol–water partition coefficient (Wildman–Crippen LogP) is -5.55. The number of hydrogen-bond donors (Lipinski definition) is 11. The summed E-state index contributed by atoms with van der Waals surface area (Å²) < 4.78 is 0. The first kappa shape index (κ1) is 36.1. The molecule has 0 bridgehead atoms. The van der Waals surface area contributed by atoms with Crippen molar-refractivity contribution in [2.45, 2.75) is 69.2 Å². The van der Waals surface area contributed by atoms with Crippen molar-refractivity contribution in [2.24, 2.45) is 11.5 Å². The van der Waals surface area contributed by atoms with Gasteiger partial charge < -0.3 is 58.5 Å². The molecule has 0 radical (unpaired) electrons. The largest absolute Gasteiger partial charge is 0.481 e. The average Bonchev–Trinajstić information content (AvgIpc) is 2.90. The highest BCUT2D eigenvalue weighted by Crippen LogP contribution is 2.01. The number of carbonyl (C=O) groups is 7. The van der Waals surface area contributed by atoms with Crippen LogP contribution in [0.4, 0.5) is 0 Å². The van der Waals surface area contributed by atoms with Crippen LogP contribution in [0.3, 0.4) is 0 Å². The van der Waals surface area contributed by atoms with Crippen molar-refractivity contribution in [3.05, 3.63) is 0 Å². The minimum Gasteiger partial charge on any atom is -0.481 e. The number of nitrogens with two attached hydrogens (primary N) is 2. The van der Waals surface area contributed by atoms with Gasteiger partial charge in [0.15, 0.2) is 0 Å². The van der Waals surface area contributed by atoms with Crippen LogP contribution in [0.25, 0.3) is 0 Å². The molecule has 0 saturated carbocycles. The molecule has 0 aliphatic carbocycles. The lowest BCUT2D eigenvalue weighted by Gasteiger charge is -2.22. The lowest BCUT2D eigenvalue weighted by Crippen LogP contribution is -2.57. The van der Waals surface area contributed by atoms with Crippen molar-refractivity contribution >= 4 is 41.5 Å². The molecule has 0 aromatic heterocycles. The van der Waals surface area contributed by atoms with E-state index in [-0.39, 0.29) is 0 Å². The number of aliphatic hydroxyl groups is 2. The van der Waals surface area contributed by atoms with Crippen molar-refractivity contribution in [1.29, 1.82) is 0 Å². The summed E-state index contributed by atoms with van der Waals surface area (Å²) in [7, 11) is 0. The van der Waals surface area contributed by atoms with E-state index in [2.05, 4.69) is 21.3 Å². The SMILES string of the molecule is C[C@H](NC(=O)[C@H](CO)NC(=O)[C@@H](N)CCCCN)C(=O)NCC(=O)N[C@@H](CCC(=O)O)C(=O)N[C@@H](CO)C(=O)O. The molecular weight excluding hydrogens is 538 g/mol. The first-order valence-corrected chi connectivity index (χ1v) is 12.4. The fourth-order valence-corrected chi connectivity index (χ4v) is 3.05. The summed E-state index contributed by atoms with van der Waals surface area (Å²) in [6.07, 6.45) is 0.564. The number of nitrogens with one attached hydrogen (secondary N) is 5. The van der Waals surface area contributed by atoms with Gasteiger partial charge in [0.1, 0.15) is 24.2 Å². The Kier molecular flexibility index (Phi) is 17.4. The van der Waals surface area contributed by atoms with Crippen LogP contribution in [0.1, 0.15) is 39.0 Å². The van der Waals surface area contributed by atoms with Crippen molar-refractivity contribution < 1.29 is 54.0 Å². The third kappa shape index (κ3) is 14.3. The fraction of sp³-hybridized carbons (Fsp3) is 0.682. The van der Waals surface area contributed by atoms with Gasteiger partial charge in [-0.05, 0) is 32.7 Å². The maximum Gasteiger partial charge on any atom is 0.328 e. The van der Waals surface area contributed by atoms with E-state index in [1.165, 1.54) is 6.92 Å². The molecule has 0 saturated heterocycles. The van der Waals surface area contributed by atoms with Crippen LogP contribution in [0, 0.1) is 0 Å². The quantitative estimate of drug-likeness (QED) is 0.0602. The summed E-state index contributed by atoms with van der Waals surface area (Å²) in [4.78, 5) is 83.4. The Morgan fingerprint density at radius 3 is 1.82 bits per heavy atom. The molecule has 0 aromatic carbocycles. The predicted molar refractivity (Wildman–Crippen MR) is 136 cm³/mol.